The van der Waals surface area contributed by atoms with Crippen LogP contribution in [0.15, 0.2) is 0 Å². The first-order valence-corrected chi connectivity index (χ1v) is 7.33. The summed E-state index contributed by atoms with van der Waals surface area (Å²) in [5.41, 5.74) is 5.75. The van der Waals surface area contributed by atoms with Crippen LogP contribution in [-0.2, 0) is 0 Å². The molecule has 3 nitrogen and oxygen atoms in total. The van der Waals surface area contributed by atoms with E-state index in [1.807, 2.05) is 0 Å². The number of likely N-dealkylation sites (N-methyl/N-ethyl adjacent to an activating group) is 2. The maximum atomic E-state index is 5.75. The third-order valence-corrected chi connectivity index (χ3v) is 4.26. The van der Waals surface area contributed by atoms with Crippen molar-refractivity contribution in [1.82, 2.24) is 9.80 Å². The highest BCUT2D eigenvalue weighted by Gasteiger charge is 2.23. The van der Waals surface area contributed by atoms with Crippen LogP contribution >= 0.6 is 0 Å². The van der Waals surface area contributed by atoms with E-state index >= 15 is 0 Å². The molecule has 1 aliphatic heterocycles. The second-order valence-electron chi connectivity index (χ2n) is 5.49. The molecule has 0 amide bonds. The van der Waals surface area contributed by atoms with Gasteiger partial charge in [0.1, 0.15) is 0 Å². The molecule has 17 heavy (non-hydrogen) atoms. The van der Waals surface area contributed by atoms with E-state index in [9.17, 15) is 0 Å². The summed E-state index contributed by atoms with van der Waals surface area (Å²) in [4.78, 5) is 5.12. The Balaban J connectivity index is 2.22. The Morgan fingerprint density at radius 1 is 1.41 bits per heavy atom. The van der Waals surface area contributed by atoms with Crippen molar-refractivity contribution in [3.05, 3.63) is 0 Å². The minimum atomic E-state index is 0.711. The largest absolute Gasteiger partial charge is 0.330 e. The molecular weight excluding hydrogens is 210 g/mol. The summed E-state index contributed by atoms with van der Waals surface area (Å²) in [6, 6.07) is 0.794. The van der Waals surface area contributed by atoms with Gasteiger partial charge in [-0.1, -0.05) is 20.3 Å². The van der Waals surface area contributed by atoms with Crippen molar-refractivity contribution >= 4 is 0 Å². The maximum absolute atomic E-state index is 5.75. The molecule has 0 spiro atoms. The van der Waals surface area contributed by atoms with Crippen molar-refractivity contribution < 1.29 is 0 Å². The summed E-state index contributed by atoms with van der Waals surface area (Å²) in [7, 11) is 2.26. The molecule has 1 heterocycles. The second-order valence-corrected chi connectivity index (χ2v) is 5.49. The molecule has 0 saturated carbocycles. The smallest absolute Gasteiger partial charge is 0.0223 e. The monoisotopic (exact) mass is 241 g/mol. The van der Waals surface area contributed by atoms with E-state index in [1.165, 1.54) is 51.9 Å². The molecular formula is C14H31N3. The number of rotatable bonds is 8. The summed E-state index contributed by atoms with van der Waals surface area (Å²) in [5.74, 6) is 0.711. The molecule has 0 aromatic carbocycles. The van der Waals surface area contributed by atoms with Gasteiger partial charge < -0.3 is 10.6 Å². The fourth-order valence-corrected chi connectivity index (χ4v) is 2.86. The molecule has 2 N–H and O–H groups in total. The number of nitrogens with zero attached hydrogens (tertiary/aromatic N) is 2. The molecule has 0 aromatic heterocycles. The molecule has 0 radical (unpaired) electrons. The van der Waals surface area contributed by atoms with Gasteiger partial charge in [-0.3, -0.25) is 4.90 Å². The minimum Gasteiger partial charge on any atom is -0.330 e. The minimum absolute atomic E-state index is 0.711. The Labute approximate surface area is 107 Å². The third-order valence-electron chi connectivity index (χ3n) is 4.26. The Hall–Kier alpha value is -0.120. The lowest BCUT2D eigenvalue weighted by Gasteiger charge is -2.28. The molecule has 102 valence electrons. The van der Waals surface area contributed by atoms with Gasteiger partial charge in [0.25, 0.3) is 0 Å². The van der Waals surface area contributed by atoms with Crippen LogP contribution in [0.1, 0.15) is 39.5 Å². The van der Waals surface area contributed by atoms with Gasteiger partial charge in [0.05, 0.1) is 0 Å². The normalized spacial score (nSPS) is 23.5. The van der Waals surface area contributed by atoms with Crippen LogP contribution in [0.3, 0.4) is 0 Å². The van der Waals surface area contributed by atoms with E-state index in [0.717, 1.165) is 12.6 Å². The van der Waals surface area contributed by atoms with Gasteiger partial charge in [0.2, 0.25) is 0 Å². The van der Waals surface area contributed by atoms with Crippen LogP contribution in [-0.4, -0.2) is 55.6 Å². The number of hydrogen-bond donors (Lipinski definition) is 1. The highest BCUT2D eigenvalue weighted by atomic mass is 15.2. The van der Waals surface area contributed by atoms with Crippen LogP contribution in [0.4, 0.5) is 0 Å². The van der Waals surface area contributed by atoms with Crippen molar-refractivity contribution in [2.45, 2.75) is 45.6 Å². The van der Waals surface area contributed by atoms with E-state index in [0.29, 0.717) is 5.92 Å². The predicted molar refractivity (Wildman–Crippen MR) is 75.2 cm³/mol. The fourth-order valence-electron chi connectivity index (χ4n) is 2.86. The van der Waals surface area contributed by atoms with E-state index in [4.69, 9.17) is 5.73 Å². The number of nitrogens with two attached hydrogens (primary N) is 1. The van der Waals surface area contributed by atoms with Gasteiger partial charge in [0, 0.05) is 12.6 Å². The molecule has 1 fully saturated rings. The average molecular weight is 241 g/mol. The average Bonchev–Trinajstić information content (AvgIpc) is 2.77. The van der Waals surface area contributed by atoms with Crippen LogP contribution in [0.5, 0.6) is 0 Å². The van der Waals surface area contributed by atoms with E-state index in [2.05, 4.69) is 30.7 Å². The Morgan fingerprint density at radius 2 is 2.18 bits per heavy atom. The van der Waals surface area contributed by atoms with Crippen molar-refractivity contribution in [2.75, 3.05) is 39.8 Å². The van der Waals surface area contributed by atoms with E-state index < -0.39 is 0 Å². The maximum Gasteiger partial charge on any atom is 0.0223 e. The Morgan fingerprint density at radius 3 is 2.76 bits per heavy atom. The lowest BCUT2D eigenvalue weighted by atomic mass is 10.0. The molecule has 2 atom stereocenters. The van der Waals surface area contributed by atoms with Crippen molar-refractivity contribution in [3.8, 4) is 0 Å². The lowest BCUT2D eigenvalue weighted by Crippen LogP contribution is -2.39. The van der Waals surface area contributed by atoms with Gasteiger partial charge in [-0.2, -0.15) is 0 Å². The quantitative estimate of drug-likeness (QED) is 0.703. The Kier molecular flexibility index (Phi) is 7.09. The topological polar surface area (TPSA) is 32.5 Å². The van der Waals surface area contributed by atoms with Crippen LogP contribution in [0, 0.1) is 5.92 Å². The van der Waals surface area contributed by atoms with Crippen molar-refractivity contribution in [2.24, 2.45) is 11.7 Å². The van der Waals surface area contributed by atoms with Crippen LogP contribution in [0.25, 0.3) is 0 Å². The fraction of sp³-hybridized carbons (Fsp3) is 1.00. The van der Waals surface area contributed by atoms with E-state index in [-0.39, 0.29) is 0 Å². The van der Waals surface area contributed by atoms with Gasteiger partial charge in [0.15, 0.2) is 0 Å². The SMILES string of the molecule is CCC(CN)CCN(C)CC1CCCN1CC. The molecule has 1 rings (SSSR count). The molecule has 0 bridgehead atoms. The zero-order chi connectivity index (χ0) is 12.7. The molecule has 0 aromatic rings. The van der Waals surface area contributed by atoms with Gasteiger partial charge in [-0.05, 0) is 58.4 Å². The lowest BCUT2D eigenvalue weighted by molar-refractivity contribution is 0.192. The molecule has 0 aliphatic carbocycles. The third kappa shape index (κ3) is 4.94. The summed E-state index contributed by atoms with van der Waals surface area (Å²) in [6.45, 7) is 10.3. The first kappa shape index (κ1) is 14.9. The molecule has 2 unspecified atom stereocenters. The van der Waals surface area contributed by atoms with Crippen LogP contribution < -0.4 is 5.73 Å². The van der Waals surface area contributed by atoms with Gasteiger partial charge in [-0.15, -0.1) is 0 Å². The van der Waals surface area contributed by atoms with E-state index in [1.54, 1.807) is 0 Å². The van der Waals surface area contributed by atoms with Crippen LogP contribution in [0.2, 0.25) is 0 Å². The number of hydrogen-bond acceptors (Lipinski definition) is 3. The second kappa shape index (κ2) is 8.06. The highest BCUT2D eigenvalue weighted by molar-refractivity contribution is 4.80. The van der Waals surface area contributed by atoms with Gasteiger partial charge in [-0.25, -0.2) is 0 Å². The summed E-state index contributed by atoms with van der Waals surface area (Å²) < 4.78 is 0. The number of likely N-dealkylation sites (tertiary alicyclic amines) is 1. The summed E-state index contributed by atoms with van der Waals surface area (Å²) >= 11 is 0. The van der Waals surface area contributed by atoms with Crippen molar-refractivity contribution in [1.29, 1.82) is 0 Å². The zero-order valence-corrected chi connectivity index (χ0v) is 12.0. The van der Waals surface area contributed by atoms with Crippen molar-refractivity contribution in [3.63, 3.8) is 0 Å². The molecule has 1 aliphatic rings. The van der Waals surface area contributed by atoms with Gasteiger partial charge >= 0.3 is 0 Å². The molecule has 3 heteroatoms. The molecule has 1 saturated heterocycles. The predicted octanol–water partition coefficient (Wildman–Crippen LogP) is 1.78. The highest BCUT2D eigenvalue weighted by Crippen LogP contribution is 2.17. The summed E-state index contributed by atoms with van der Waals surface area (Å²) in [6.07, 6.45) is 5.23. The standard InChI is InChI=1S/C14H31N3/c1-4-13(11-15)8-10-16(3)12-14-7-6-9-17(14)5-2/h13-14H,4-12,15H2,1-3H3. The zero-order valence-electron chi connectivity index (χ0n) is 12.0. The Bertz CT molecular complexity index is 192. The summed E-state index contributed by atoms with van der Waals surface area (Å²) in [5, 5.41) is 0. The first-order valence-electron chi connectivity index (χ1n) is 7.33. The first-order chi connectivity index (χ1) is 8.21.